The Balaban J connectivity index is 1.78. The van der Waals surface area contributed by atoms with E-state index in [1.54, 1.807) is 42.5 Å². The zero-order valence-electron chi connectivity index (χ0n) is 17.6. The molecular weight excluding hydrogens is 414 g/mol. The topological polar surface area (TPSA) is 64.3 Å². The van der Waals surface area contributed by atoms with E-state index < -0.39 is 5.69 Å². The van der Waals surface area contributed by atoms with Crippen LogP contribution >= 0.6 is 11.6 Å². The lowest BCUT2D eigenvalue weighted by Crippen LogP contribution is -2.47. The van der Waals surface area contributed by atoms with Crippen LogP contribution in [-0.2, 0) is 17.9 Å². The lowest BCUT2D eigenvalue weighted by atomic mass is 10.00. The van der Waals surface area contributed by atoms with Crippen molar-refractivity contribution in [3.63, 3.8) is 0 Å². The minimum Gasteiger partial charge on any atom is -0.338 e. The van der Waals surface area contributed by atoms with Crippen molar-refractivity contribution in [2.45, 2.75) is 51.7 Å². The summed E-state index contributed by atoms with van der Waals surface area (Å²) in [4.78, 5) is 41.6. The quantitative estimate of drug-likeness (QED) is 0.609. The molecule has 3 aromatic rings. The molecular formula is C24H26ClN3O3. The number of aromatic nitrogens is 2. The Labute approximate surface area is 185 Å². The Kier molecular flexibility index (Phi) is 6.28. The number of carbonyl (C=O) groups is 1. The number of piperidine rings is 1. The molecule has 4 rings (SSSR count). The summed E-state index contributed by atoms with van der Waals surface area (Å²) in [6.07, 6.45) is 3.99. The Morgan fingerprint density at radius 3 is 2.65 bits per heavy atom. The second kappa shape index (κ2) is 9.10. The number of para-hydroxylation sites is 1. The molecule has 0 spiro atoms. The van der Waals surface area contributed by atoms with Crippen LogP contribution in [0.15, 0.2) is 58.1 Å². The van der Waals surface area contributed by atoms with Gasteiger partial charge in [-0.05, 0) is 55.5 Å². The van der Waals surface area contributed by atoms with Crippen molar-refractivity contribution in [1.82, 2.24) is 14.0 Å². The number of fused-ring (bicyclic) bond motifs is 1. The Hall–Kier alpha value is -2.86. The third-order valence-corrected chi connectivity index (χ3v) is 6.31. The molecule has 2 aromatic carbocycles. The Morgan fingerprint density at radius 2 is 1.87 bits per heavy atom. The number of rotatable bonds is 5. The highest BCUT2D eigenvalue weighted by Gasteiger charge is 2.26. The lowest BCUT2D eigenvalue weighted by Gasteiger charge is -2.35. The molecule has 2 heterocycles. The van der Waals surface area contributed by atoms with Crippen LogP contribution in [0, 0.1) is 0 Å². The van der Waals surface area contributed by atoms with Crippen LogP contribution in [0.4, 0.5) is 0 Å². The predicted molar refractivity (Wildman–Crippen MR) is 123 cm³/mol. The molecule has 1 aromatic heterocycles. The molecule has 1 aliphatic heterocycles. The number of hydrogen-bond donors (Lipinski definition) is 0. The Morgan fingerprint density at radius 1 is 1.06 bits per heavy atom. The van der Waals surface area contributed by atoms with Crippen molar-refractivity contribution in [1.29, 1.82) is 0 Å². The average Bonchev–Trinajstić information content (AvgIpc) is 2.79. The van der Waals surface area contributed by atoms with E-state index in [1.807, 2.05) is 11.0 Å². The molecule has 0 saturated carbocycles. The number of likely N-dealkylation sites (tertiary alicyclic amines) is 1. The van der Waals surface area contributed by atoms with E-state index in [0.717, 1.165) is 31.2 Å². The summed E-state index contributed by atoms with van der Waals surface area (Å²) < 4.78 is 2.62. The highest BCUT2D eigenvalue weighted by atomic mass is 35.5. The van der Waals surface area contributed by atoms with Gasteiger partial charge in [-0.25, -0.2) is 4.79 Å². The molecule has 31 heavy (non-hydrogen) atoms. The van der Waals surface area contributed by atoms with E-state index in [2.05, 4.69) is 6.92 Å². The summed E-state index contributed by atoms with van der Waals surface area (Å²) >= 11 is 6.08. The number of carbonyl (C=O) groups excluding carboxylic acids is 1. The first-order chi connectivity index (χ1) is 15.0. The second-order valence-electron chi connectivity index (χ2n) is 8.05. The average molecular weight is 440 g/mol. The van der Waals surface area contributed by atoms with Crippen molar-refractivity contribution in [3.8, 4) is 0 Å². The molecule has 1 saturated heterocycles. The number of nitrogens with zero attached hydrogens (tertiary/aromatic N) is 3. The van der Waals surface area contributed by atoms with Gasteiger partial charge in [0, 0.05) is 17.6 Å². The molecule has 0 radical (unpaired) electrons. The molecule has 1 fully saturated rings. The zero-order valence-corrected chi connectivity index (χ0v) is 18.3. The molecule has 0 N–H and O–H groups in total. The number of benzene rings is 2. The molecule has 0 unspecified atom stereocenters. The van der Waals surface area contributed by atoms with Gasteiger partial charge < -0.3 is 4.90 Å². The minimum atomic E-state index is -0.484. The monoisotopic (exact) mass is 439 g/mol. The smallest absolute Gasteiger partial charge is 0.332 e. The normalized spacial score (nSPS) is 16.6. The highest BCUT2D eigenvalue weighted by molar-refractivity contribution is 6.30. The summed E-state index contributed by atoms with van der Waals surface area (Å²) in [7, 11) is 0. The number of halogens is 1. The fourth-order valence-electron chi connectivity index (χ4n) is 4.46. The van der Waals surface area contributed by atoms with Gasteiger partial charge in [-0.1, -0.05) is 42.8 Å². The van der Waals surface area contributed by atoms with Crippen LogP contribution in [0.5, 0.6) is 0 Å². The predicted octanol–water partition coefficient (Wildman–Crippen LogP) is 3.66. The van der Waals surface area contributed by atoms with Crippen molar-refractivity contribution >= 4 is 28.4 Å². The van der Waals surface area contributed by atoms with E-state index >= 15 is 0 Å². The highest BCUT2D eigenvalue weighted by Crippen LogP contribution is 2.20. The molecule has 162 valence electrons. The minimum absolute atomic E-state index is 0.0771. The first-order valence-corrected chi connectivity index (χ1v) is 11.1. The Bertz CT molecular complexity index is 1230. The van der Waals surface area contributed by atoms with Crippen molar-refractivity contribution < 1.29 is 4.79 Å². The van der Waals surface area contributed by atoms with Gasteiger partial charge in [0.2, 0.25) is 5.91 Å². The van der Waals surface area contributed by atoms with Crippen LogP contribution in [0.1, 0.15) is 38.2 Å². The molecule has 0 bridgehead atoms. The van der Waals surface area contributed by atoms with Crippen LogP contribution in [-0.4, -0.2) is 32.5 Å². The van der Waals surface area contributed by atoms with Gasteiger partial charge in [0.05, 0.1) is 17.4 Å². The second-order valence-corrected chi connectivity index (χ2v) is 8.49. The van der Waals surface area contributed by atoms with E-state index in [9.17, 15) is 14.4 Å². The molecule has 1 atom stereocenters. The fourth-order valence-corrected chi connectivity index (χ4v) is 4.67. The third kappa shape index (κ3) is 4.30. The summed E-state index contributed by atoms with van der Waals surface area (Å²) in [6.45, 7) is 2.82. The summed E-state index contributed by atoms with van der Waals surface area (Å²) in [5, 5.41) is 0.958. The van der Waals surface area contributed by atoms with Crippen LogP contribution in [0.2, 0.25) is 5.02 Å². The molecule has 1 amide bonds. The van der Waals surface area contributed by atoms with Gasteiger partial charge in [-0.15, -0.1) is 0 Å². The van der Waals surface area contributed by atoms with E-state index in [1.165, 1.54) is 9.13 Å². The standard InChI is InChI=1S/C24H26ClN3O3/c1-2-19-10-5-6-13-26(19)22(29)16-27-21-12-4-3-11-20(21)23(30)28(24(27)31)15-17-8-7-9-18(25)14-17/h3-4,7-9,11-12,14,19H,2,5-6,10,13,15-16H2,1H3/t19-/m1/s1. The van der Waals surface area contributed by atoms with Crippen LogP contribution < -0.4 is 11.2 Å². The summed E-state index contributed by atoms with van der Waals surface area (Å²) in [5.74, 6) is -0.0771. The van der Waals surface area contributed by atoms with Crippen molar-refractivity contribution in [2.24, 2.45) is 0 Å². The van der Waals surface area contributed by atoms with Gasteiger partial charge in [0.1, 0.15) is 6.54 Å². The van der Waals surface area contributed by atoms with Gasteiger partial charge in [-0.3, -0.25) is 18.7 Å². The molecule has 1 aliphatic rings. The van der Waals surface area contributed by atoms with E-state index in [0.29, 0.717) is 22.5 Å². The van der Waals surface area contributed by atoms with Gasteiger partial charge in [-0.2, -0.15) is 0 Å². The third-order valence-electron chi connectivity index (χ3n) is 6.07. The fraction of sp³-hybridized carbons (Fsp3) is 0.375. The first-order valence-electron chi connectivity index (χ1n) is 10.8. The maximum absolute atomic E-state index is 13.4. The van der Waals surface area contributed by atoms with Gasteiger partial charge >= 0.3 is 5.69 Å². The van der Waals surface area contributed by atoms with Crippen LogP contribution in [0.25, 0.3) is 10.9 Å². The maximum Gasteiger partial charge on any atom is 0.332 e. The van der Waals surface area contributed by atoms with Gasteiger partial charge in [0.25, 0.3) is 5.56 Å². The van der Waals surface area contributed by atoms with Gasteiger partial charge in [0.15, 0.2) is 0 Å². The number of hydrogen-bond acceptors (Lipinski definition) is 3. The maximum atomic E-state index is 13.4. The number of amides is 1. The van der Waals surface area contributed by atoms with Crippen LogP contribution in [0.3, 0.4) is 0 Å². The van der Waals surface area contributed by atoms with Crippen molar-refractivity contribution in [2.75, 3.05) is 6.54 Å². The SMILES string of the molecule is CC[C@@H]1CCCCN1C(=O)Cn1c(=O)n(Cc2cccc(Cl)c2)c(=O)c2ccccc21. The zero-order chi connectivity index (χ0) is 22.0. The first kappa shape index (κ1) is 21.4. The van der Waals surface area contributed by atoms with E-state index in [4.69, 9.17) is 11.6 Å². The van der Waals surface area contributed by atoms with Crippen molar-refractivity contribution in [3.05, 3.63) is 80.0 Å². The summed E-state index contributed by atoms with van der Waals surface area (Å²) in [5.41, 5.74) is 0.385. The lowest BCUT2D eigenvalue weighted by molar-refractivity contribution is -0.135. The molecule has 0 aliphatic carbocycles. The largest absolute Gasteiger partial charge is 0.338 e. The molecule has 7 heteroatoms. The van der Waals surface area contributed by atoms with E-state index in [-0.39, 0.29) is 30.6 Å². The molecule has 6 nitrogen and oxygen atoms in total. The summed E-state index contributed by atoms with van der Waals surface area (Å²) in [6, 6.07) is 14.3.